The molecule has 7 nitrogen and oxygen atoms in total. The molecule has 134 valence electrons. The topological polar surface area (TPSA) is 96.0 Å². The van der Waals surface area contributed by atoms with Crippen molar-refractivity contribution < 1.29 is 4.21 Å². The van der Waals surface area contributed by atoms with Gasteiger partial charge in [-0.3, -0.25) is 0 Å². The minimum Gasteiger partial charge on any atom is -0.380 e. The number of pyridine rings is 1. The summed E-state index contributed by atoms with van der Waals surface area (Å²) in [5.41, 5.74) is 2.37. The Hall–Kier alpha value is -2.63. The first-order valence-corrected chi connectivity index (χ1v) is 10.1. The average Bonchev–Trinajstić information content (AvgIpc) is 2.97. The molecule has 1 unspecified atom stereocenters. The zero-order valence-corrected chi connectivity index (χ0v) is 15.9. The predicted octanol–water partition coefficient (Wildman–Crippen LogP) is 3.31. The van der Waals surface area contributed by atoms with E-state index in [9.17, 15) is 4.21 Å². The number of halogens is 1. The molecule has 9 heteroatoms. The molecule has 0 fully saturated rings. The van der Waals surface area contributed by atoms with Crippen molar-refractivity contribution in [3.8, 4) is 6.07 Å². The fraction of sp³-hybridized carbons (Fsp3) is 0.235. The number of rotatable bonds is 5. The minimum absolute atomic E-state index is 0.0832. The summed E-state index contributed by atoms with van der Waals surface area (Å²) in [7, 11) is -0.769. The van der Waals surface area contributed by atoms with Gasteiger partial charge in [0, 0.05) is 30.9 Å². The summed E-state index contributed by atoms with van der Waals surface area (Å²) in [6.45, 7) is 0.632. The van der Waals surface area contributed by atoms with Crippen LogP contribution in [-0.2, 0) is 22.8 Å². The molecule has 3 rings (SSSR count). The highest BCUT2D eigenvalue weighted by molar-refractivity contribution is 7.93. The van der Waals surface area contributed by atoms with Gasteiger partial charge in [-0.2, -0.15) is 10.4 Å². The first-order chi connectivity index (χ1) is 12.5. The van der Waals surface area contributed by atoms with Gasteiger partial charge in [-0.1, -0.05) is 23.7 Å². The van der Waals surface area contributed by atoms with Gasteiger partial charge in [0.2, 0.25) is 0 Å². The van der Waals surface area contributed by atoms with Crippen LogP contribution in [0.25, 0.3) is 11.0 Å². The molecule has 2 aromatic heterocycles. The Morgan fingerprint density at radius 1 is 1.35 bits per heavy atom. The van der Waals surface area contributed by atoms with E-state index in [0.717, 1.165) is 11.3 Å². The maximum absolute atomic E-state index is 12.3. The molecule has 3 aromatic rings. The van der Waals surface area contributed by atoms with Crippen LogP contribution in [0.3, 0.4) is 0 Å². The fourth-order valence-corrected chi connectivity index (χ4v) is 3.67. The molecule has 1 aromatic carbocycles. The molecule has 2 heterocycles. The molecular formula is C17H17ClN6OS. The van der Waals surface area contributed by atoms with Crippen LogP contribution in [-0.4, -0.2) is 32.3 Å². The second-order valence-corrected chi connectivity index (χ2v) is 8.45. The SMILES string of the molecule is CN=S(C)(=O)c1ccc(CNc2ccnc3c2c(Cl)nn3CC#N)cc1. The quantitative estimate of drug-likeness (QED) is 0.723. The van der Waals surface area contributed by atoms with Crippen LogP contribution >= 0.6 is 11.6 Å². The van der Waals surface area contributed by atoms with Crippen LogP contribution in [0.4, 0.5) is 5.69 Å². The van der Waals surface area contributed by atoms with E-state index in [1.54, 1.807) is 19.5 Å². The molecule has 0 saturated heterocycles. The Balaban J connectivity index is 1.84. The maximum Gasteiger partial charge on any atom is 0.162 e. The summed E-state index contributed by atoms with van der Waals surface area (Å²) in [6, 6.07) is 11.3. The standard InChI is InChI=1S/C17H17ClN6OS/c1-20-26(2,25)13-5-3-12(4-6-13)11-22-14-7-9-21-17-15(14)16(18)23-24(17)10-8-19/h3-7,9H,10-11H2,1-2H3,(H,21,22). The average molecular weight is 389 g/mol. The summed E-state index contributed by atoms with van der Waals surface area (Å²) < 4.78 is 17.7. The van der Waals surface area contributed by atoms with E-state index in [4.69, 9.17) is 16.9 Å². The lowest BCUT2D eigenvalue weighted by Crippen LogP contribution is -2.02. The summed E-state index contributed by atoms with van der Waals surface area (Å²) in [4.78, 5) is 4.97. The van der Waals surface area contributed by atoms with Crippen molar-refractivity contribution in [2.45, 2.75) is 18.0 Å². The summed E-state index contributed by atoms with van der Waals surface area (Å²) in [6.07, 6.45) is 3.27. The van der Waals surface area contributed by atoms with E-state index in [-0.39, 0.29) is 6.54 Å². The number of fused-ring (bicyclic) bond motifs is 1. The Morgan fingerprint density at radius 2 is 2.08 bits per heavy atom. The van der Waals surface area contributed by atoms with Crippen molar-refractivity contribution in [2.24, 2.45) is 4.36 Å². The van der Waals surface area contributed by atoms with Gasteiger partial charge in [0.25, 0.3) is 0 Å². The van der Waals surface area contributed by atoms with Gasteiger partial charge in [-0.15, -0.1) is 0 Å². The fourth-order valence-electron chi connectivity index (χ4n) is 2.54. The monoisotopic (exact) mass is 388 g/mol. The molecule has 0 aliphatic rings. The van der Waals surface area contributed by atoms with Crippen molar-refractivity contribution in [3.05, 3.63) is 47.2 Å². The van der Waals surface area contributed by atoms with Crippen LogP contribution in [0.15, 0.2) is 45.8 Å². The lowest BCUT2D eigenvalue weighted by molar-refractivity contribution is 0.680. The van der Waals surface area contributed by atoms with Crippen molar-refractivity contribution in [2.75, 3.05) is 18.6 Å². The number of benzene rings is 1. The lowest BCUT2D eigenvalue weighted by Gasteiger charge is -2.09. The zero-order valence-electron chi connectivity index (χ0n) is 14.3. The molecule has 0 aliphatic heterocycles. The Morgan fingerprint density at radius 3 is 2.73 bits per heavy atom. The molecule has 0 saturated carbocycles. The number of nitrogens with one attached hydrogen (secondary N) is 1. The second-order valence-electron chi connectivity index (χ2n) is 5.65. The summed E-state index contributed by atoms with van der Waals surface area (Å²) >= 11 is 6.22. The van der Waals surface area contributed by atoms with E-state index in [2.05, 4.69) is 19.8 Å². The van der Waals surface area contributed by atoms with Crippen LogP contribution < -0.4 is 5.32 Å². The molecule has 0 amide bonds. The van der Waals surface area contributed by atoms with E-state index < -0.39 is 9.73 Å². The number of nitrogens with zero attached hydrogens (tertiary/aromatic N) is 5. The Bertz CT molecular complexity index is 1110. The van der Waals surface area contributed by atoms with E-state index in [0.29, 0.717) is 27.6 Å². The van der Waals surface area contributed by atoms with Gasteiger partial charge in [-0.05, 0) is 23.8 Å². The maximum atomic E-state index is 12.3. The number of aromatic nitrogens is 3. The summed E-state index contributed by atoms with van der Waals surface area (Å²) in [5.74, 6) is 0. The smallest absolute Gasteiger partial charge is 0.162 e. The highest BCUT2D eigenvalue weighted by Crippen LogP contribution is 2.29. The van der Waals surface area contributed by atoms with Crippen LogP contribution in [0.1, 0.15) is 5.56 Å². The zero-order chi connectivity index (χ0) is 18.7. The van der Waals surface area contributed by atoms with Gasteiger partial charge >= 0.3 is 0 Å². The lowest BCUT2D eigenvalue weighted by atomic mass is 10.2. The number of hydrogen-bond donors (Lipinski definition) is 1. The molecule has 0 aliphatic carbocycles. The molecule has 1 N–H and O–H groups in total. The van der Waals surface area contributed by atoms with Gasteiger partial charge in [0.15, 0.2) is 10.8 Å². The molecular weight excluding hydrogens is 372 g/mol. The largest absolute Gasteiger partial charge is 0.380 e. The third kappa shape index (κ3) is 3.49. The highest BCUT2D eigenvalue weighted by atomic mass is 35.5. The van der Waals surface area contributed by atoms with Gasteiger partial charge in [0.05, 0.1) is 26.9 Å². The first-order valence-electron chi connectivity index (χ1n) is 7.77. The van der Waals surface area contributed by atoms with Gasteiger partial charge in [-0.25, -0.2) is 18.2 Å². The minimum atomic E-state index is -2.33. The normalized spacial score (nSPS) is 13.2. The highest BCUT2D eigenvalue weighted by Gasteiger charge is 2.14. The first kappa shape index (κ1) is 18.2. The molecule has 0 spiro atoms. The summed E-state index contributed by atoms with van der Waals surface area (Å²) in [5, 5.41) is 17.3. The van der Waals surface area contributed by atoms with Crippen LogP contribution in [0.5, 0.6) is 0 Å². The van der Waals surface area contributed by atoms with Crippen LogP contribution in [0.2, 0.25) is 5.15 Å². The predicted molar refractivity (Wildman–Crippen MR) is 103 cm³/mol. The van der Waals surface area contributed by atoms with Gasteiger partial charge < -0.3 is 5.32 Å². The third-order valence-corrected chi connectivity index (χ3v) is 6.11. The van der Waals surface area contributed by atoms with E-state index >= 15 is 0 Å². The second kappa shape index (κ2) is 7.32. The number of nitriles is 1. The molecule has 0 bridgehead atoms. The molecule has 1 atom stereocenters. The Labute approximate surface area is 156 Å². The third-order valence-electron chi connectivity index (χ3n) is 4.00. The van der Waals surface area contributed by atoms with Crippen molar-refractivity contribution in [1.82, 2.24) is 14.8 Å². The van der Waals surface area contributed by atoms with Crippen LogP contribution in [0, 0.1) is 11.3 Å². The molecule has 26 heavy (non-hydrogen) atoms. The number of hydrogen-bond acceptors (Lipinski definition) is 6. The van der Waals surface area contributed by atoms with E-state index in [1.807, 2.05) is 36.4 Å². The van der Waals surface area contributed by atoms with Crippen molar-refractivity contribution >= 4 is 38.1 Å². The van der Waals surface area contributed by atoms with Gasteiger partial charge in [0.1, 0.15) is 6.54 Å². The molecule has 0 radical (unpaired) electrons. The number of anilines is 1. The van der Waals surface area contributed by atoms with E-state index in [1.165, 1.54) is 4.68 Å². The van der Waals surface area contributed by atoms with Crippen molar-refractivity contribution in [3.63, 3.8) is 0 Å². The van der Waals surface area contributed by atoms with Crippen molar-refractivity contribution in [1.29, 1.82) is 5.26 Å². The Kier molecular flexibility index (Phi) is 5.11.